The van der Waals surface area contributed by atoms with Gasteiger partial charge in [-0.25, -0.2) is 0 Å². The Labute approximate surface area is 84.8 Å². The van der Waals surface area contributed by atoms with Crippen LogP contribution >= 0.6 is 0 Å². The summed E-state index contributed by atoms with van der Waals surface area (Å²) in [6.07, 6.45) is 3.91. The summed E-state index contributed by atoms with van der Waals surface area (Å²) in [5.41, 5.74) is 0.604. The van der Waals surface area contributed by atoms with E-state index in [4.69, 9.17) is 4.74 Å². The molecule has 0 saturated carbocycles. The SMILES string of the molecule is CC(C)=CCC1(C(=O)O)CCOCC1. The van der Waals surface area contributed by atoms with Crippen LogP contribution in [0.4, 0.5) is 0 Å². The molecule has 1 aliphatic heterocycles. The summed E-state index contributed by atoms with van der Waals surface area (Å²) in [4.78, 5) is 11.2. The van der Waals surface area contributed by atoms with Crippen molar-refractivity contribution in [2.75, 3.05) is 13.2 Å². The van der Waals surface area contributed by atoms with Gasteiger partial charge in [-0.1, -0.05) is 11.6 Å². The van der Waals surface area contributed by atoms with E-state index in [9.17, 15) is 9.90 Å². The minimum atomic E-state index is -0.682. The van der Waals surface area contributed by atoms with Crippen molar-refractivity contribution >= 4 is 5.97 Å². The van der Waals surface area contributed by atoms with Crippen LogP contribution < -0.4 is 0 Å². The standard InChI is InChI=1S/C11H18O3/c1-9(2)3-4-11(10(12)13)5-7-14-8-6-11/h3H,4-8H2,1-2H3,(H,12,13). The highest BCUT2D eigenvalue weighted by Crippen LogP contribution is 2.35. The highest BCUT2D eigenvalue weighted by atomic mass is 16.5. The molecule has 3 nitrogen and oxygen atoms in total. The summed E-state index contributed by atoms with van der Waals surface area (Å²) in [5, 5.41) is 9.22. The molecule has 14 heavy (non-hydrogen) atoms. The molecule has 0 aromatic heterocycles. The smallest absolute Gasteiger partial charge is 0.310 e. The Hall–Kier alpha value is -0.830. The van der Waals surface area contributed by atoms with Crippen LogP contribution in [0.15, 0.2) is 11.6 Å². The second kappa shape index (κ2) is 4.60. The Bertz CT molecular complexity index is 233. The molecule has 0 aromatic carbocycles. The van der Waals surface area contributed by atoms with Gasteiger partial charge in [0, 0.05) is 13.2 Å². The second-order valence-corrected chi connectivity index (χ2v) is 4.18. The molecule has 0 aliphatic carbocycles. The number of carboxylic acids is 1. The van der Waals surface area contributed by atoms with Crippen molar-refractivity contribution in [2.45, 2.75) is 33.1 Å². The van der Waals surface area contributed by atoms with Gasteiger partial charge in [0.2, 0.25) is 0 Å². The molecule has 0 spiro atoms. The van der Waals surface area contributed by atoms with Gasteiger partial charge < -0.3 is 9.84 Å². The number of rotatable bonds is 3. The minimum absolute atomic E-state index is 0.572. The van der Waals surface area contributed by atoms with E-state index in [1.807, 2.05) is 19.9 Å². The largest absolute Gasteiger partial charge is 0.481 e. The number of hydrogen-bond acceptors (Lipinski definition) is 2. The summed E-state index contributed by atoms with van der Waals surface area (Å²) < 4.78 is 5.20. The fourth-order valence-corrected chi connectivity index (χ4v) is 1.67. The van der Waals surface area contributed by atoms with Crippen molar-refractivity contribution in [3.63, 3.8) is 0 Å². The molecule has 0 aromatic rings. The number of ether oxygens (including phenoxy) is 1. The van der Waals surface area contributed by atoms with Crippen LogP contribution in [-0.2, 0) is 9.53 Å². The number of allylic oxidation sites excluding steroid dienone is 2. The van der Waals surface area contributed by atoms with Crippen LogP contribution in [0.2, 0.25) is 0 Å². The van der Waals surface area contributed by atoms with Gasteiger partial charge in [-0.05, 0) is 33.1 Å². The molecule has 1 saturated heterocycles. The number of carbonyl (C=O) groups is 1. The molecule has 0 atom stereocenters. The molecule has 1 heterocycles. The molecule has 0 radical (unpaired) electrons. The molecular formula is C11H18O3. The summed E-state index contributed by atoms with van der Waals surface area (Å²) in [5.74, 6) is -0.682. The fraction of sp³-hybridized carbons (Fsp3) is 0.727. The first-order valence-corrected chi connectivity index (χ1v) is 5.01. The molecule has 80 valence electrons. The van der Waals surface area contributed by atoms with E-state index in [0.29, 0.717) is 32.5 Å². The lowest BCUT2D eigenvalue weighted by atomic mass is 9.77. The van der Waals surface area contributed by atoms with E-state index in [1.165, 1.54) is 5.57 Å². The maximum absolute atomic E-state index is 11.2. The van der Waals surface area contributed by atoms with E-state index < -0.39 is 11.4 Å². The Kier molecular flexibility index (Phi) is 3.69. The molecule has 1 rings (SSSR count). The van der Waals surface area contributed by atoms with Crippen LogP contribution in [0.5, 0.6) is 0 Å². The Morgan fingerprint density at radius 2 is 2.00 bits per heavy atom. The van der Waals surface area contributed by atoms with E-state index in [1.54, 1.807) is 0 Å². The Morgan fingerprint density at radius 3 is 2.43 bits per heavy atom. The Balaban J connectivity index is 2.70. The summed E-state index contributed by atoms with van der Waals surface area (Å²) in [7, 11) is 0. The first-order chi connectivity index (χ1) is 6.57. The van der Waals surface area contributed by atoms with E-state index >= 15 is 0 Å². The summed E-state index contributed by atoms with van der Waals surface area (Å²) in [6, 6.07) is 0. The third-order valence-corrected chi connectivity index (χ3v) is 2.80. The van der Waals surface area contributed by atoms with Crippen molar-refractivity contribution in [1.82, 2.24) is 0 Å². The molecule has 0 amide bonds. The van der Waals surface area contributed by atoms with Crippen molar-refractivity contribution in [1.29, 1.82) is 0 Å². The van der Waals surface area contributed by atoms with Crippen LogP contribution in [0.25, 0.3) is 0 Å². The average molecular weight is 198 g/mol. The lowest BCUT2D eigenvalue weighted by Gasteiger charge is -2.32. The molecule has 0 unspecified atom stereocenters. The van der Waals surface area contributed by atoms with Crippen molar-refractivity contribution in [3.8, 4) is 0 Å². The van der Waals surface area contributed by atoms with E-state index in [-0.39, 0.29) is 0 Å². The minimum Gasteiger partial charge on any atom is -0.481 e. The lowest BCUT2D eigenvalue weighted by molar-refractivity contribution is -0.154. The van der Waals surface area contributed by atoms with E-state index in [0.717, 1.165) is 0 Å². The van der Waals surface area contributed by atoms with Crippen LogP contribution in [-0.4, -0.2) is 24.3 Å². The molecular weight excluding hydrogens is 180 g/mol. The molecule has 0 bridgehead atoms. The molecule has 3 heteroatoms. The third-order valence-electron chi connectivity index (χ3n) is 2.80. The maximum Gasteiger partial charge on any atom is 0.310 e. The number of aliphatic carboxylic acids is 1. The Morgan fingerprint density at radius 1 is 1.43 bits per heavy atom. The number of hydrogen-bond donors (Lipinski definition) is 1. The molecule has 1 fully saturated rings. The summed E-state index contributed by atoms with van der Waals surface area (Å²) >= 11 is 0. The van der Waals surface area contributed by atoms with Gasteiger partial charge in [-0.2, -0.15) is 0 Å². The van der Waals surface area contributed by atoms with Crippen LogP contribution in [0.1, 0.15) is 33.1 Å². The van der Waals surface area contributed by atoms with Gasteiger partial charge in [-0.3, -0.25) is 4.79 Å². The van der Waals surface area contributed by atoms with Gasteiger partial charge in [-0.15, -0.1) is 0 Å². The third kappa shape index (κ3) is 2.58. The maximum atomic E-state index is 11.2. The normalized spacial score (nSPS) is 20.1. The fourth-order valence-electron chi connectivity index (χ4n) is 1.67. The highest BCUT2D eigenvalue weighted by molar-refractivity contribution is 5.75. The predicted octanol–water partition coefficient (Wildman–Crippen LogP) is 2.22. The average Bonchev–Trinajstić information content (AvgIpc) is 2.16. The molecule has 1 N–H and O–H groups in total. The zero-order valence-corrected chi connectivity index (χ0v) is 8.88. The van der Waals surface area contributed by atoms with Gasteiger partial charge in [0.25, 0.3) is 0 Å². The summed E-state index contributed by atoms with van der Waals surface area (Å²) in [6.45, 7) is 5.13. The monoisotopic (exact) mass is 198 g/mol. The highest BCUT2D eigenvalue weighted by Gasteiger charge is 2.38. The quantitative estimate of drug-likeness (QED) is 0.707. The first-order valence-electron chi connectivity index (χ1n) is 5.01. The van der Waals surface area contributed by atoms with Crippen molar-refractivity contribution in [2.24, 2.45) is 5.41 Å². The van der Waals surface area contributed by atoms with Gasteiger partial charge in [0.15, 0.2) is 0 Å². The van der Waals surface area contributed by atoms with Crippen molar-refractivity contribution in [3.05, 3.63) is 11.6 Å². The lowest BCUT2D eigenvalue weighted by Crippen LogP contribution is -2.36. The molecule has 1 aliphatic rings. The first kappa shape index (κ1) is 11.2. The predicted molar refractivity (Wildman–Crippen MR) is 54.2 cm³/mol. The van der Waals surface area contributed by atoms with Crippen LogP contribution in [0, 0.1) is 5.41 Å². The van der Waals surface area contributed by atoms with E-state index in [2.05, 4.69) is 0 Å². The van der Waals surface area contributed by atoms with Gasteiger partial charge >= 0.3 is 5.97 Å². The van der Waals surface area contributed by atoms with Gasteiger partial charge in [0.05, 0.1) is 5.41 Å². The van der Waals surface area contributed by atoms with Crippen molar-refractivity contribution < 1.29 is 14.6 Å². The second-order valence-electron chi connectivity index (χ2n) is 4.18. The zero-order valence-electron chi connectivity index (χ0n) is 8.88. The zero-order chi connectivity index (χ0) is 10.6. The topological polar surface area (TPSA) is 46.5 Å². The van der Waals surface area contributed by atoms with Gasteiger partial charge in [0.1, 0.15) is 0 Å². The number of carboxylic acid groups (broad SMARTS) is 1. The van der Waals surface area contributed by atoms with Crippen LogP contribution in [0.3, 0.4) is 0 Å².